The van der Waals surface area contributed by atoms with Gasteiger partial charge < -0.3 is 9.64 Å². The van der Waals surface area contributed by atoms with Crippen LogP contribution < -0.4 is 4.74 Å². The van der Waals surface area contributed by atoms with Crippen molar-refractivity contribution in [3.05, 3.63) is 71.2 Å². The molecule has 2 aliphatic heterocycles. The zero-order chi connectivity index (χ0) is 20.3. The summed E-state index contributed by atoms with van der Waals surface area (Å²) in [5.41, 5.74) is 2.93. The first-order valence-electron chi connectivity index (χ1n) is 10.2. The molecule has 4 heterocycles. The first kappa shape index (κ1) is 17.7. The van der Waals surface area contributed by atoms with Crippen molar-refractivity contribution in [2.45, 2.75) is 18.4 Å². The Morgan fingerprint density at radius 2 is 1.87 bits per heavy atom. The predicted molar refractivity (Wildman–Crippen MR) is 118 cm³/mol. The van der Waals surface area contributed by atoms with E-state index in [-0.39, 0.29) is 5.91 Å². The second kappa shape index (κ2) is 6.44. The first-order valence-corrected chi connectivity index (χ1v) is 11.1. The third-order valence-electron chi connectivity index (χ3n) is 6.37. The Morgan fingerprint density at radius 3 is 2.70 bits per heavy atom. The molecule has 30 heavy (non-hydrogen) atoms. The minimum atomic E-state index is -0.422. The van der Waals surface area contributed by atoms with Crippen LogP contribution in [0.3, 0.4) is 0 Å². The maximum Gasteiger partial charge on any atom is 0.263 e. The van der Waals surface area contributed by atoms with Gasteiger partial charge in [0.05, 0.1) is 16.8 Å². The molecule has 6 heteroatoms. The fourth-order valence-electron chi connectivity index (χ4n) is 4.79. The Bertz CT molecular complexity index is 1250. The number of ether oxygens (including phenoxy) is 1. The number of nitrogens with zero attached hydrogens (tertiary/aromatic N) is 3. The molecule has 0 unspecified atom stereocenters. The van der Waals surface area contributed by atoms with Crippen molar-refractivity contribution < 1.29 is 9.53 Å². The molecule has 0 N–H and O–H groups in total. The number of rotatable bonds is 1. The van der Waals surface area contributed by atoms with Crippen molar-refractivity contribution in [2.24, 2.45) is 7.05 Å². The molecule has 1 amide bonds. The average Bonchev–Trinajstić information content (AvgIpc) is 3.38. The molecule has 0 atom stereocenters. The van der Waals surface area contributed by atoms with Gasteiger partial charge in [0.15, 0.2) is 0 Å². The van der Waals surface area contributed by atoms with Crippen molar-refractivity contribution in [3.63, 3.8) is 0 Å². The number of benzene rings is 2. The Morgan fingerprint density at radius 1 is 1.10 bits per heavy atom. The van der Waals surface area contributed by atoms with Gasteiger partial charge in [0.1, 0.15) is 11.4 Å². The van der Waals surface area contributed by atoms with E-state index in [2.05, 4.69) is 23.3 Å². The molecule has 4 aromatic rings. The Hall–Kier alpha value is -3.12. The SMILES string of the molecule is Cn1ncc2c1-c1ccccc1OC21CCN(C(=O)c2cc3ccccc3s2)CC1. The number of hydrogen-bond donors (Lipinski definition) is 0. The number of carbonyl (C=O) groups excluding carboxylic acids is 1. The van der Waals surface area contributed by atoms with Gasteiger partial charge in [-0.3, -0.25) is 9.48 Å². The van der Waals surface area contributed by atoms with Crippen LogP contribution in [0.1, 0.15) is 28.1 Å². The zero-order valence-corrected chi connectivity index (χ0v) is 17.5. The molecule has 2 aromatic carbocycles. The number of piperidine rings is 1. The quantitative estimate of drug-likeness (QED) is 0.448. The van der Waals surface area contributed by atoms with Gasteiger partial charge in [0.2, 0.25) is 0 Å². The summed E-state index contributed by atoms with van der Waals surface area (Å²) >= 11 is 1.57. The molecule has 0 bridgehead atoms. The average molecular weight is 416 g/mol. The summed E-state index contributed by atoms with van der Waals surface area (Å²) in [5.74, 6) is 1.02. The van der Waals surface area contributed by atoms with Crippen LogP contribution in [0.25, 0.3) is 21.3 Å². The van der Waals surface area contributed by atoms with Crippen LogP contribution in [0, 0.1) is 0 Å². The Balaban J connectivity index is 1.29. The number of likely N-dealkylation sites (tertiary alicyclic amines) is 1. The number of thiophene rings is 1. The van der Waals surface area contributed by atoms with Gasteiger partial charge in [-0.2, -0.15) is 5.10 Å². The molecule has 0 aliphatic carbocycles. The van der Waals surface area contributed by atoms with Gasteiger partial charge in [0.25, 0.3) is 5.91 Å². The van der Waals surface area contributed by atoms with E-state index < -0.39 is 5.60 Å². The van der Waals surface area contributed by atoms with Crippen molar-refractivity contribution in [1.29, 1.82) is 0 Å². The lowest BCUT2D eigenvalue weighted by Crippen LogP contribution is -2.48. The summed E-state index contributed by atoms with van der Waals surface area (Å²) in [5, 5.41) is 5.66. The van der Waals surface area contributed by atoms with Gasteiger partial charge in [-0.1, -0.05) is 30.3 Å². The number of para-hydroxylation sites is 1. The number of aryl methyl sites for hydroxylation is 1. The molecular weight excluding hydrogens is 394 g/mol. The summed E-state index contributed by atoms with van der Waals surface area (Å²) in [6.07, 6.45) is 3.46. The molecule has 0 saturated carbocycles. The first-order chi connectivity index (χ1) is 14.6. The van der Waals surface area contributed by atoms with E-state index in [1.807, 2.05) is 59.2 Å². The van der Waals surface area contributed by atoms with Crippen molar-refractivity contribution in [3.8, 4) is 17.0 Å². The van der Waals surface area contributed by atoms with E-state index >= 15 is 0 Å². The van der Waals surface area contributed by atoms with Crippen LogP contribution in [0.2, 0.25) is 0 Å². The van der Waals surface area contributed by atoms with Gasteiger partial charge >= 0.3 is 0 Å². The molecule has 5 nitrogen and oxygen atoms in total. The van der Waals surface area contributed by atoms with Crippen LogP contribution in [0.15, 0.2) is 60.8 Å². The highest BCUT2D eigenvalue weighted by Crippen LogP contribution is 2.49. The summed E-state index contributed by atoms with van der Waals surface area (Å²) in [6.45, 7) is 1.34. The summed E-state index contributed by atoms with van der Waals surface area (Å²) in [6, 6.07) is 18.3. The molecule has 1 saturated heterocycles. The Labute approximate surface area is 178 Å². The third kappa shape index (κ3) is 2.53. The third-order valence-corrected chi connectivity index (χ3v) is 7.48. The van der Waals surface area contributed by atoms with E-state index in [4.69, 9.17) is 4.74 Å². The predicted octanol–water partition coefficient (Wildman–Crippen LogP) is 4.83. The highest BCUT2D eigenvalue weighted by molar-refractivity contribution is 7.20. The topological polar surface area (TPSA) is 47.4 Å². The number of amides is 1. The molecular formula is C24H21N3O2S. The molecule has 0 radical (unpaired) electrons. The number of aromatic nitrogens is 2. The van der Waals surface area contributed by atoms with E-state index in [1.54, 1.807) is 11.3 Å². The maximum absolute atomic E-state index is 13.2. The molecule has 6 rings (SSSR count). The molecule has 150 valence electrons. The number of hydrogen-bond acceptors (Lipinski definition) is 4. The number of fused-ring (bicyclic) bond motifs is 5. The van der Waals surface area contributed by atoms with Gasteiger partial charge in [-0.15, -0.1) is 11.3 Å². The van der Waals surface area contributed by atoms with Crippen molar-refractivity contribution >= 4 is 27.3 Å². The van der Waals surface area contributed by atoms with Crippen LogP contribution in [-0.2, 0) is 12.6 Å². The zero-order valence-electron chi connectivity index (χ0n) is 16.7. The minimum Gasteiger partial charge on any atom is -0.482 e. The van der Waals surface area contributed by atoms with E-state index in [0.717, 1.165) is 50.4 Å². The summed E-state index contributed by atoms with van der Waals surface area (Å²) < 4.78 is 9.69. The van der Waals surface area contributed by atoms with Gasteiger partial charge in [-0.05, 0) is 29.7 Å². The fourth-order valence-corrected chi connectivity index (χ4v) is 5.82. The normalized spacial score (nSPS) is 16.9. The molecule has 2 aliphatic rings. The smallest absolute Gasteiger partial charge is 0.263 e. The van der Waals surface area contributed by atoms with E-state index in [0.29, 0.717) is 13.1 Å². The van der Waals surface area contributed by atoms with Crippen LogP contribution >= 0.6 is 11.3 Å². The maximum atomic E-state index is 13.2. The van der Waals surface area contributed by atoms with Crippen LogP contribution in [0.5, 0.6) is 5.75 Å². The van der Waals surface area contributed by atoms with Crippen LogP contribution in [-0.4, -0.2) is 33.7 Å². The standard InChI is InChI=1S/C24H21N3O2S/c1-26-22-17-7-3-4-8-19(17)29-24(18(22)15-25-26)10-12-27(13-11-24)23(28)21-14-16-6-2-5-9-20(16)30-21/h2-9,14-15H,10-13H2,1H3. The molecule has 1 fully saturated rings. The summed E-state index contributed by atoms with van der Waals surface area (Å²) in [7, 11) is 1.98. The Kier molecular flexibility index (Phi) is 3.80. The van der Waals surface area contributed by atoms with E-state index in [1.165, 1.54) is 0 Å². The summed E-state index contributed by atoms with van der Waals surface area (Å²) in [4.78, 5) is 15.9. The minimum absolute atomic E-state index is 0.119. The second-order valence-electron chi connectivity index (χ2n) is 8.06. The van der Waals surface area contributed by atoms with Crippen LogP contribution in [0.4, 0.5) is 0 Å². The lowest BCUT2D eigenvalue weighted by atomic mass is 9.81. The van der Waals surface area contributed by atoms with Crippen molar-refractivity contribution in [1.82, 2.24) is 14.7 Å². The van der Waals surface area contributed by atoms with Gasteiger partial charge in [0, 0.05) is 48.8 Å². The lowest BCUT2D eigenvalue weighted by molar-refractivity contribution is -0.00157. The highest BCUT2D eigenvalue weighted by atomic mass is 32.1. The second-order valence-corrected chi connectivity index (χ2v) is 9.15. The molecule has 1 spiro atoms. The fraction of sp³-hybridized carbons (Fsp3) is 0.250. The lowest BCUT2D eigenvalue weighted by Gasteiger charge is -2.44. The molecule has 2 aromatic heterocycles. The monoisotopic (exact) mass is 415 g/mol. The van der Waals surface area contributed by atoms with Gasteiger partial charge in [-0.25, -0.2) is 0 Å². The number of carbonyl (C=O) groups is 1. The highest BCUT2D eigenvalue weighted by Gasteiger charge is 2.45. The van der Waals surface area contributed by atoms with Crippen molar-refractivity contribution in [2.75, 3.05) is 13.1 Å². The largest absolute Gasteiger partial charge is 0.482 e. The van der Waals surface area contributed by atoms with E-state index in [9.17, 15) is 4.79 Å².